The van der Waals surface area contributed by atoms with Crippen LogP contribution < -0.4 is 26.2 Å². The van der Waals surface area contributed by atoms with Gasteiger partial charge in [0.15, 0.2) is 11.8 Å². The first-order chi connectivity index (χ1) is 15.8. The number of hydrogen-bond donors (Lipinski definition) is 5. The van der Waals surface area contributed by atoms with Crippen molar-refractivity contribution in [2.24, 2.45) is 0 Å². The van der Waals surface area contributed by atoms with E-state index in [4.69, 9.17) is 54.6 Å². The molecule has 0 aliphatic carbocycles. The predicted octanol–water partition coefficient (Wildman–Crippen LogP) is 2.40. The van der Waals surface area contributed by atoms with E-state index in [-0.39, 0.29) is 39.0 Å². The first-order valence-corrected chi connectivity index (χ1v) is 10.4. The highest BCUT2D eigenvalue weighted by Gasteiger charge is 2.23. The van der Waals surface area contributed by atoms with Crippen LogP contribution in [0.25, 0.3) is 0 Å². The number of nitrogens with zero attached hydrogens (tertiary/aromatic N) is 3. The topological polar surface area (TPSA) is 171 Å². The SMILES string of the molecule is N#CC(NNc1cc(Cl)c(Oc2ccc(C3COC(Cl)CN3)nn2)c(Cl)c1)C(=O)NC(=O)O. The minimum absolute atomic E-state index is 0.0941. The molecule has 174 valence electrons. The van der Waals surface area contributed by atoms with Crippen molar-refractivity contribution in [3.8, 4) is 17.7 Å². The summed E-state index contributed by atoms with van der Waals surface area (Å²) in [5.74, 6) is -0.812. The summed E-state index contributed by atoms with van der Waals surface area (Å²) in [6.07, 6.45) is -1.59. The molecular formula is C18H16Cl3N7O5. The number of rotatable bonds is 7. The van der Waals surface area contributed by atoms with Crippen LogP contribution in [0.3, 0.4) is 0 Å². The molecule has 1 saturated heterocycles. The Balaban J connectivity index is 1.63. The average molecular weight is 517 g/mol. The van der Waals surface area contributed by atoms with Gasteiger partial charge in [-0.2, -0.15) is 10.4 Å². The standard InChI is InChI=1S/C18H16Cl3N7O5/c19-9-3-8(25-27-12(5-22)17(29)24-18(30)31)4-10(20)16(9)33-15-2-1-11(26-28-15)13-7-32-14(21)6-23-13/h1-4,12-14,23,25,27H,6-7H2,(H,24,29)(H,30,31). The van der Waals surface area contributed by atoms with Crippen LogP contribution in [-0.4, -0.2) is 52.1 Å². The van der Waals surface area contributed by atoms with Crippen molar-refractivity contribution in [3.05, 3.63) is 40.0 Å². The molecule has 1 fully saturated rings. The number of ether oxygens (including phenoxy) is 2. The molecule has 3 rings (SSSR count). The molecule has 2 aromatic rings. The van der Waals surface area contributed by atoms with Crippen LogP contribution in [0.5, 0.6) is 11.6 Å². The highest BCUT2D eigenvalue weighted by molar-refractivity contribution is 6.37. The molecule has 12 nitrogen and oxygen atoms in total. The predicted molar refractivity (Wildman–Crippen MR) is 117 cm³/mol. The van der Waals surface area contributed by atoms with E-state index in [1.54, 1.807) is 23.5 Å². The summed E-state index contributed by atoms with van der Waals surface area (Å²) in [6.45, 7) is 0.833. The Hall–Kier alpha value is -2.92. The monoisotopic (exact) mass is 515 g/mol. The van der Waals surface area contributed by atoms with E-state index in [0.29, 0.717) is 18.8 Å². The fraction of sp³-hybridized carbons (Fsp3) is 0.278. The van der Waals surface area contributed by atoms with Gasteiger partial charge < -0.3 is 25.3 Å². The van der Waals surface area contributed by atoms with Gasteiger partial charge in [-0.25, -0.2) is 10.2 Å². The number of carbonyl (C=O) groups is 2. The van der Waals surface area contributed by atoms with Crippen molar-refractivity contribution in [1.82, 2.24) is 26.3 Å². The van der Waals surface area contributed by atoms with Crippen molar-refractivity contribution < 1.29 is 24.2 Å². The lowest BCUT2D eigenvalue weighted by atomic mass is 10.2. The van der Waals surface area contributed by atoms with Gasteiger partial charge in [-0.1, -0.05) is 34.8 Å². The molecule has 2 heterocycles. The molecule has 3 unspecified atom stereocenters. The van der Waals surface area contributed by atoms with Gasteiger partial charge in [-0.15, -0.1) is 5.10 Å². The zero-order valence-corrected chi connectivity index (χ0v) is 18.8. The number of carbonyl (C=O) groups excluding carboxylic acids is 1. The Morgan fingerprint density at radius 1 is 1.30 bits per heavy atom. The van der Waals surface area contributed by atoms with Gasteiger partial charge in [0.25, 0.3) is 5.91 Å². The number of hydrazine groups is 1. The molecule has 1 aromatic carbocycles. The minimum Gasteiger partial charge on any atom is -0.465 e. The van der Waals surface area contributed by atoms with Crippen molar-refractivity contribution in [2.75, 3.05) is 18.6 Å². The average Bonchev–Trinajstić information content (AvgIpc) is 2.77. The molecule has 0 radical (unpaired) electrons. The van der Waals surface area contributed by atoms with Crippen LogP contribution in [0.2, 0.25) is 10.0 Å². The number of amides is 2. The molecule has 15 heteroatoms. The number of alkyl halides is 1. The molecule has 33 heavy (non-hydrogen) atoms. The van der Waals surface area contributed by atoms with Crippen LogP contribution in [0.15, 0.2) is 24.3 Å². The van der Waals surface area contributed by atoms with Gasteiger partial charge in [-0.3, -0.25) is 10.1 Å². The van der Waals surface area contributed by atoms with Crippen LogP contribution in [0.1, 0.15) is 11.7 Å². The van der Waals surface area contributed by atoms with Gasteiger partial charge in [0.2, 0.25) is 5.88 Å². The number of anilines is 1. The van der Waals surface area contributed by atoms with Crippen molar-refractivity contribution in [3.63, 3.8) is 0 Å². The van der Waals surface area contributed by atoms with E-state index in [9.17, 15) is 9.59 Å². The van der Waals surface area contributed by atoms with E-state index >= 15 is 0 Å². The number of halogens is 3. The quantitative estimate of drug-likeness (QED) is 0.270. The molecule has 1 aliphatic rings. The largest absolute Gasteiger partial charge is 0.465 e. The third-order valence-corrected chi connectivity index (χ3v) is 5.02. The lowest BCUT2D eigenvalue weighted by Crippen LogP contribution is -2.47. The van der Waals surface area contributed by atoms with E-state index in [0.717, 1.165) is 0 Å². The lowest BCUT2D eigenvalue weighted by molar-refractivity contribution is -0.120. The molecular weight excluding hydrogens is 501 g/mol. The van der Waals surface area contributed by atoms with Crippen molar-refractivity contribution >= 4 is 52.5 Å². The number of nitriles is 1. The molecule has 0 spiro atoms. The Kier molecular flexibility index (Phi) is 8.45. The van der Waals surface area contributed by atoms with E-state index in [2.05, 4.69) is 26.4 Å². The summed E-state index contributed by atoms with van der Waals surface area (Å²) in [6, 6.07) is 6.08. The normalized spacial score (nSPS) is 18.6. The summed E-state index contributed by atoms with van der Waals surface area (Å²) < 4.78 is 11.0. The Labute approximate surface area is 202 Å². The number of nitrogens with one attached hydrogen (secondary N) is 4. The minimum atomic E-state index is -1.59. The molecule has 0 bridgehead atoms. The lowest BCUT2D eigenvalue weighted by Gasteiger charge is -2.26. The van der Waals surface area contributed by atoms with Gasteiger partial charge >= 0.3 is 6.09 Å². The molecule has 0 saturated carbocycles. The second-order valence-corrected chi connectivity index (χ2v) is 7.80. The van der Waals surface area contributed by atoms with Crippen LogP contribution in [0.4, 0.5) is 10.5 Å². The second-order valence-electron chi connectivity index (χ2n) is 6.50. The molecule has 5 N–H and O–H groups in total. The van der Waals surface area contributed by atoms with E-state index in [1.165, 1.54) is 12.1 Å². The molecule has 1 aliphatic heterocycles. The fourth-order valence-corrected chi connectivity index (χ4v) is 3.36. The zero-order valence-electron chi connectivity index (χ0n) is 16.5. The van der Waals surface area contributed by atoms with Crippen molar-refractivity contribution in [1.29, 1.82) is 5.26 Å². The number of hydrogen-bond acceptors (Lipinski definition) is 10. The third-order valence-electron chi connectivity index (χ3n) is 4.17. The first-order valence-electron chi connectivity index (χ1n) is 9.21. The highest BCUT2D eigenvalue weighted by Crippen LogP contribution is 2.38. The summed E-state index contributed by atoms with van der Waals surface area (Å²) in [7, 11) is 0. The molecule has 2 amide bonds. The summed E-state index contributed by atoms with van der Waals surface area (Å²) >= 11 is 18.4. The number of morpholine rings is 1. The number of benzene rings is 1. The summed E-state index contributed by atoms with van der Waals surface area (Å²) in [5, 5.41) is 30.7. The zero-order chi connectivity index (χ0) is 24.0. The molecule has 3 atom stereocenters. The smallest absolute Gasteiger partial charge is 0.411 e. The van der Waals surface area contributed by atoms with Gasteiger partial charge in [0.1, 0.15) is 5.56 Å². The maximum atomic E-state index is 11.6. The Bertz CT molecular complexity index is 1040. The van der Waals surface area contributed by atoms with Gasteiger partial charge in [0, 0.05) is 12.6 Å². The highest BCUT2D eigenvalue weighted by atomic mass is 35.5. The maximum Gasteiger partial charge on any atom is 0.411 e. The first kappa shape index (κ1) is 24.7. The number of aromatic nitrogens is 2. The van der Waals surface area contributed by atoms with Crippen molar-refractivity contribution in [2.45, 2.75) is 17.6 Å². The summed E-state index contributed by atoms with van der Waals surface area (Å²) in [5.41, 5.74) is 5.46. The van der Waals surface area contributed by atoms with Crippen LogP contribution >= 0.6 is 34.8 Å². The van der Waals surface area contributed by atoms with Gasteiger partial charge in [-0.05, 0) is 18.2 Å². The summed E-state index contributed by atoms with van der Waals surface area (Å²) in [4.78, 5) is 22.1. The fourth-order valence-electron chi connectivity index (χ4n) is 2.64. The number of imide groups is 1. The third kappa shape index (κ3) is 6.78. The Morgan fingerprint density at radius 2 is 2.03 bits per heavy atom. The van der Waals surface area contributed by atoms with Crippen LogP contribution in [0, 0.1) is 11.3 Å². The van der Waals surface area contributed by atoms with Gasteiger partial charge in [0.05, 0.1) is 40.1 Å². The van der Waals surface area contributed by atoms with E-state index < -0.39 is 18.0 Å². The maximum absolute atomic E-state index is 11.6. The Morgan fingerprint density at radius 3 is 2.58 bits per heavy atom. The number of carboxylic acid groups (broad SMARTS) is 1. The van der Waals surface area contributed by atoms with Crippen LogP contribution in [-0.2, 0) is 9.53 Å². The van der Waals surface area contributed by atoms with E-state index in [1.807, 2.05) is 0 Å². The second kappa shape index (κ2) is 11.3. The molecule has 1 aromatic heterocycles.